The van der Waals surface area contributed by atoms with Crippen LogP contribution in [0.25, 0.3) is 0 Å². The average molecular weight is 529 g/mol. The lowest BCUT2D eigenvalue weighted by Gasteiger charge is -2.35. The Balaban J connectivity index is 1.46. The van der Waals surface area contributed by atoms with Gasteiger partial charge in [0.2, 0.25) is 10.0 Å². The van der Waals surface area contributed by atoms with E-state index in [1.807, 2.05) is 30.1 Å². The van der Waals surface area contributed by atoms with Gasteiger partial charge in [-0.15, -0.1) is 0 Å². The molecule has 2 fully saturated rings. The topological polar surface area (TPSA) is 47.1 Å². The SMILES string of the molecule is CN(Cc1ccc(C(F)(F)F)cc1F)C1CN(CN2CCN(S(C)(=O)=O)CC2)CC1c1ccccc1. The lowest BCUT2D eigenvalue weighted by molar-refractivity contribution is -0.137. The summed E-state index contributed by atoms with van der Waals surface area (Å²) in [4.78, 5) is 6.57. The van der Waals surface area contributed by atoms with Gasteiger partial charge in [0.25, 0.3) is 0 Å². The van der Waals surface area contributed by atoms with Crippen LogP contribution in [0.1, 0.15) is 22.6 Å². The first kappa shape index (κ1) is 27.0. The second-order valence-corrected chi connectivity index (χ2v) is 11.7. The van der Waals surface area contributed by atoms with E-state index >= 15 is 0 Å². The minimum atomic E-state index is -4.58. The second kappa shape index (κ2) is 10.7. The number of alkyl halides is 3. The molecule has 0 radical (unpaired) electrons. The number of halogens is 4. The van der Waals surface area contributed by atoms with Gasteiger partial charge < -0.3 is 0 Å². The third-order valence-electron chi connectivity index (χ3n) is 7.16. The van der Waals surface area contributed by atoms with Crippen molar-refractivity contribution < 1.29 is 26.0 Å². The fourth-order valence-electron chi connectivity index (χ4n) is 5.18. The van der Waals surface area contributed by atoms with Crippen molar-refractivity contribution >= 4 is 10.0 Å². The van der Waals surface area contributed by atoms with Crippen LogP contribution in [0, 0.1) is 5.82 Å². The van der Waals surface area contributed by atoms with Crippen molar-refractivity contribution in [3.8, 4) is 0 Å². The van der Waals surface area contributed by atoms with Crippen LogP contribution in [0.3, 0.4) is 0 Å². The molecule has 36 heavy (non-hydrogen) atoms. The summed E-state index contributed by atoms with van der Waals surface area (Å²) in [5.74, 6) is -0.711. The predicted molar refractivity (Wildman–Crippen MR) is 130 cm³/mol. The minimum absolute atomic E-state index is 0.0337. The molecule has 2 unspecified atom stereocenters. The summed E-state index contributed by atoms with van der Waals surface area (Å²) >= 11 is 0. The van der Waals surface area contributed by atoms with E-state index < -0.39 is 27.6 Å². The van der Waals surface area contributed by atoms with Crippen LogP contribution in [-0.2, 0) is 22.7 Å². The van der Waals surface area contributed by atoms with E-state index in [-0.39, 0.29) is 24.1 Å². The van der Waals surface area contributed by atoms with Crippen LogP contribution < -0.4 is 0 Å². The van der Waals surface area contributed by atoms with Crippen molar-refractivity contribution in [2.75, 3.05) is 59.2 Å². The van der Waals surface area contributed by atoms with Crippen molar-refractivity contribution in [3.05, 3.63) is 71.0 Å². The van der Waals surface area contributed by atoms with Crippen LogP contribution in [0.4, 0.5) is 17.6 Å². The van der Waals surface area contributed by atoms with Crippen LogP contribution in [0.15, 0.2) is 48.5 Å². The Morgan fingerprint density at radius 3 is 2.22 bits per heavy atom. The Hall–Kier alpha value is -2.05. The smallest absolute Gasteiger partial charge is 0.297 e. The van der Waals surface area contributed by atoms with Gasteiger partial charge in [0.15, 0.2) is 0 Å². The summed E-state index contributed by atoms with van der Waals surface area (Å²) in [7, 11) is -1.31. The van der Waals surface area contributed by atoms with Crippen molar-refractivity contribution in [3.63, 3.8) is 0 Å². The molecule has 2 aromatic rings. The Kier molecular flexibility index (Phi) is 8.06. The molecule has 11 heteroatoms. The monoisotopic (exact) mass is 528 g/mol. The number of hydrogen-bond donors (Lipinski definition) is 0. The first-order chi connectivity index (χ1) is 16.9. The Morgan fingerprint density at radius 1 is 0.972 bits per heavy atom. The molecule has 2 aliphatic heterocycles. The van der Waals surface area contributed by atoms with E-state index in [2.05, 4.69) is 21.9 Å². The van der Waals surface area contributed by atoms with Crippen LogP contribution in [-0.4, -0.2) is 92.7 Å². The number of piperazine rings is 1. The van der Waals surface area contributed by atoms with Crippen molar-refractivity contribution in [1.29, 1.82) is 0 Å². The Bertz CT molecular complexity index is 1140. The fourth-order valence-corrected chi connectivity index (χ4v) is 6.01. The van der Waals surface area contributed by atoms with E-state index in [1.165, 1.54) is 16.6 Å². The lowest BCUT2D eigenvalue weighted by atomic mass is 9.93. The zero-order valence-electron chi connectivity index (χ0n) is 20.5. The molecule has 6 nitrogen and oxygen atoms in total. The summed E-state index contributed by atoms with van der Waals surface area (Å²) in [6, 6.07) is 12.8. The quantitative estimate of drug-likeness (QED) is 0.517. The third-order valence-corrected chi connectivity index (χ3v) is 8.46. The highest BCUT2D eigenvalue weighted by molar-refractivity contribution is 7.88. The van der Waals surface area contributed by atoms with E-state index in [0.717, 1.165) is 18.2 Å². The second-order valence-electron chi connectivity index (χ2n) is 9.76. The normalized spacial score (nSPS) is 23.0. The number of sulfonamides is 1. The summed E-state index contributed by atoms with van der Waals surface area (Å²) in [5.41, 5.74) is 0.399. The van der Waals surface area contributed by atoms with Gasteiger partial charge in [-0.2, -0.15) is 17.5 Å². The summed E-state index contributed by atoms with van der Waals surface area (Å²) in [6.07, 6.45) is -3.35. The minimum Gasteiger partial charge on any atom is -0.297 e. The molecule has 0 saturated carbocycles. The Morgan fingerprint density at radius 2 is 1.64 bits per heavy atom. The molecule has 2 aromatic carbocycles. The van der Waals surface area contributed by atoms with Crippen LogP contribution in [0.5, 0.6) is 0 Å². The number of benzene rings is 2. The van der Waals surface area contributed by atoms with Gasteiger partial charge in [-0.1, -0.05) is 36.4 Å². The average Bonchev–Trinajstić information content (AvgIpc) is 3.24. The summed E-state index contributed by atoms with van der Waals surface area (Å²) < 4.78 is 78.5. The summed E-state index contributed by atoms with van der Waals surface area (Å²) in [5, 5.41) is 0. The zero-order valence-corrected chi connectivity index (χ0v) is 21.3. The van der Waals surface area contributed by atoms with Crippen molar-refractivity contribution in [2.24, 2.45) is 0 Å². The fraction of sp³-hybridized carbons (Fsp3) is 0.520. The first-order valence-corrected chi connectivity index (χ1v) is 13.8. The molecule has 198 valence electrons. The molecule has 0 bridgehead atoms. The summed E-state index contributed by atoms with van der Waals surface area (Å²) in [6.45, 7) is 4.61. The highest BCUT2D eigenvalue weighted by Crippen LogP contribution is 2.33. The highest BCUT2D eigenvalue weighted by atomic mass is 32.2. The first-order valence-electron chi connectivity index (χ1n) is 11.9. The molecule has 2 heterocycles. The molecular weight excluding hydrogens is 496 g/mol. The van der Waals surface area contributed by atoms with E-state index in [0.29, 0.717) is 45.5 Å². The molecule has 0 spiro atoms. The molecule has 0 aromatic heterocycles. The lowest BCUT2D eigenvalue weighted by Crippen LogP contribution is -2.51. The van der Waals surface area contributed by atoms with Gasteiger partial charge in [0.05, 0.1) is 18.5 Å². The number of likely N-dealkylation sites (tertiary alicyclic amines) is 1. The van der Waals surface area contributed by atoms with E-state index in [4.69, 9.17) is 0 Å². The standard InChI is InChI=1S/C25H32F4N4O2S/c1-30(15-20-8-9-21(14-23(20)26)25(27,28)29)24-17-32(16-22(24)19-6-4-3-5-7-19)18-31-10-12-33(13-11-31)36(2,34)35/h3-9,14,22,24H,10-13,15-18H2,1-2H3. The van der Waals surface area contributed by atoms with Gasteiger partial charge in [0, 0.05) is 63.3 Å². The maximum atomic E-state index is 14.6. The number of likely N-dealkylation sites (N-methyl/N-ethyl adjacent to an activating group) is 1. The van der Waals surface area contributed by atoms with E-state index in [1.54, 1.807) is 0 Å². The zero-order chi connectivity index (χ0) is 26.1. The number of nitrogens with zero attached hydrogens (tertiary/aromatic N) is 4. The third kappa shape index (κ3) is 6.44. The van der Waals surface area contributed by atoms with Crippen molar-refractivity contribution in [2.45, 2.75) is 24.7 Å². The van der Waals surface area contributed by atoms with Gasteiger partial charge in [-0.05, 0) is 24.7 Å². The largest absolute Gasteiger partial charge is 0.416 e. The molecule has 0 aliphatic carbocycles. The van der Waals surface area contributed by atoms with Crippen LogP contribution in [0.2, 0.25) is 0 Å². The number of rotatable bonds is 7. The Labute approximate surface area is 210 Å². The molecule has 2 atom stereocenters. The predicted octanol–water partition coefficient (Wildman–Crippen LogP) is 3.28. The molecular formula is C25H32F4N4O2S. The molecule has 2 saturated heterocycles. The molecule has 0 N–H and O–H groups in total. The maximum Gasteiger partial charge on any atom is 0.416 e. The molecule has 2 aliphatic rings. The van der Waals surface area contributed by atoms with Gasteiger partial charge in [-0.3, -0.25) is 14.7 Å². The maximum absolute atomic E-state index is 14.6. The molecule has 0 amide bonds. The van der Waals surface area contributed by atoms with E-state index in [9.17, 15) is 26.0 Å². The molecule has 4 rings (SSSR count). The van der Waals surface area contributed by atoms with Crippen LogP contribution >= 0.6 is 0 Å². The van der Waals surface area contributed by atoms with Crippen molar-refractivity contribution in [1.82, 2.24) is 19.0 Å². The number of hydrogen-bond acceptors (Lipinski definition) is 5. The van der Waals surface area contributed by atoms with Gasteiger partial charge in [0.1, 0.15) is 5.82 Å². The van der Waals surface area contributed by atoms with Gasteiger partial charge >= 0.3 is 6.18 Å². The highest BCUT2D eigenvalue weighted by Gasteiger charge is 2.38. The van der Waals surface area contributed by atoms with Gasteiger partial charge in [-0.25, -0.2) is 12.8 Å².